The number of allylic oxidation sites excluding steroid dienone is 3. The van der Waals surface area contributed by atoms with Gasteiger partial charge in [0, 0.05) is 16.9 Å². The molecule has 0 aromatic rings. The van der Waals surface area contributed by atoms with Crippen molar-refractivity contribution in [2.45, 2.75) is 93.4 Å². The summed E-state index contributed by atoms with van der Waals surface area (Å²) in [6.45, 7) is 15.1. The third kappa shape index (κ3) is 2.81. The number of hydrogen-bond donors (Lipinski definition) is 2. The maximum Gasteiger partial charge on any atom is 0.310 e. The normalized spacial score (nSPS) is 50.9. The zero-order chi connectivity index (χ0) is 26.6. The van der Waals surface area contributed by atoms with Crippen LogP contribution in [0, 0.1) is 56.7 Å². The molecule has 5 aliphatic rings. The Bertz CT molecular complexity index is 1100. The number of aliphatic hydroxyl groups is 1. The van der Waals surface area contributed by atoms with Crippen molar-refractivity contribution >= 4 is 17.5 Å². The fraction of sp³-hybridized carbons (Fsp3) is 0.774. The molecule has 0 radical (unpaired) electrons. The summed E-state index contributed by atoms with van der Waals surface area (Å²) >= 11 is 0. The summed E-state index contributed by atoms with van der Waals surface area (Å²) in [7, 11) is 0. The van der Waals surface area contributed by atoms with E-state index in [-0.39, 0.29) is 46.1 Å². The number of carboxylic acids is 1. The van der Waals surface area contributed by atoms with Gasteiger partial charge in [0.2, 0.25) is 0 Å². The topological polar surface area (TPSA) is 91.7 Å². The van der Waals surface area contributed by atoms with Crippen LogP contribution in [0.25, 0.3) is 0 Å². The Morgan fingerprint density at radius 3 is 2.28 bits per heavy atom. The van der Waals surface area contributed by atoms with Gasteiger partial charge in [-0.2, -0.15) is 0 Å². The number of Topliss-reactive ketones (excluding diaryl/α,β-unsaturated/α-hetero) is 1. The monoisotopic (exact) mass is 496 g/mol. The van der Waals surface area contributed by atoms with E-state index in [1.165, 1.54) is 0 Å². The van der Waals surface area contributed by atoms with Gasteiger partial charge >= 0.3 is 5.97 Å². The van der Waals surface area contributed by atoms with Crippen LogP contribution in [0.15, 0.2) is 23.5 Å². The van der Waals surface area contributed by atoms with E-state index < -0.39 is 22.2 Å². The molecular weight excluding hydrogens is 452 g/mol. The van der Waals surface area contributed by atoms with Gasteiger partial charge in [-0.05, 0) is 90.9 Å². The molecule has 0 heterocycles. The first kappa shape index (κ1) is 25.7. The fourth-order valence-corrected chi connectivity index (χ4v) is 10.7. The molecule has 0 aromatic heterocycles. The summed E-state index contributed by atoms with van der Waals surface area (Å²) in [5.74, 6) is -0.317. The van der Waals surface area contributed by atoms with Crippen molar-refractivity contribution in [2.24, 2.45) is 56.7 Å². The van der Waals surface area contributed by atoms with Crippen molar-refractivity contribution in [1.82, 2.24) is 0 Å². The van der Waals surface area contributed by atoms with Crippen LogP contribution in [0.1, 0.15) is 93.4 Å². The molecule has 5 nitrogen and oxygen atoms in total. The first-order valence-corrected chi connectivity index (χ1v) is 14.0. The molecule has 5 heteroatoms. The van der Waals surface area contributed by atoms with E-state index in [4.69, 9.17) is 0 Å². The van der Waals surface area contributed by atoms with Gasteiger partial charge < -0.3 is 10.2 Å². The minimum absolute atomic E-state index is 0.00398. The fourth-order valence-electron chi connectivity index (χ4n) is 10.7. The van der Waals surface area contributed by atoms with Crippen LogP contribution in [0.3, 0.4) is 0 Å². The third-order valence-electron chi connectivity index (χ3n) is 12.9. The predicted molar refractivity (Wildman–Crippen MR) is 138 cm³/mol. The standard InChI is InChI=1S/C31H44O5/c1-17-8-11-31(26(35)36)13-12-29(6)20(23(31)18(17)2)14-21(33)24-28(5)15-19(16-32)25(34)27(3,4)22(28)9-10-30(24,29)7/h14,16-18,22-24,32H,8-13,15H2,1-7H3,(H,35,36)/b19-16-/t17-,18+,22+,23+,24-,28+,29-,30-,31+/m1/s1. The van der Waals surface area contributed by atoms with Crippen LogP contribution < -0.4 is 0 Å². The summed E-state index contributed by atoms with van der Waals surface area (Å²) < 4.78 is 0. The lowest BCUT2D eigenvalue weighted by molar-refractivity contribution is -0.188. The quantitative estimate of drug-likeness (QED) is 0.318. The average molecular weight is 497 g/mol. The van der Waals surface area contributed by atoms with Crippen LogP contribution in [0.2, 0.25) is 0 Å². The lowest BCUT2D eigenvalue weighted by Crippen LogP contribution is -2.67. The number of ketones is 2. The maximum atomic E-state index is 14.3. The Balaban J connectivity index is 1.69. The molecule has 2 N–H and O–H groups in total. The number of rotatable bonds is 1. The average Bonchev–Trinajstić information content (AvgIpc) is 2.79. The van der Waals surface area contributed by atoms with Gasteiger partial charge in [-0.1, -0.05) is 54.0 Å². The second-order valence-electron chi connectivity index (χ2n) is 14.5. The van der Waals surface area contributed by atoms with Gasteiger partial charge in [0.1, 0.15) is 0 Å². The van der Waals surface area contributed by atoms with Crippen molar-refractivity contribution in [3.05, 3.63) is 23.5 Å². The molecule has 0 aliphatic heterocycles. The summed E-state index contributed by atoms with van der Waals surface area (Å²) in [5, 5.41) is 20.5. The molecule has 0 saturated heterocycles. The molecular formula is C31H44O5. The van der Waals surface area contributed by atoms with Crippen LogP contribution in [0.5, 0.6) is 0 Å². The van der Waals surface area contributed by atoms with E-state index in [1.54, 1.807) is 0 Å². The Morgan fingerprint density at radius 1 is 1.00 bits per heavy atom. The van der Waals surface area contributed by atoms with E-state index >= 15 is 0 Å². The Kier molecular flexibility index (Phi) is 5.41. The van der Waals surface area contributed by atoms with E-state index in [0.29, 0.717) is 30.8 Å². The molecule has 4 saturated carbocycles. The van der Waals surface area contributed by atoms with Crippen LogP contribution in [-0.4, -0.2) is 27.7 Å². The number of fused-ring (bicyclic) bond motifs is 7. The Morgan fingerprint density at radius 2 is 1.67 bits per heavy atom. The first-order chi connectivity index (χ1) is 16.6. The molecule has 0 aromatic carbocycles. The zero-order valence-corrected chi connectivity index (χ0v) is 23.1. The van der Waals surface area contributed by atoms with Gasteiger partial charge in [-0.25, -0.2) is 0 Å². The highest BCUT2D eigenvalue weighted by atomic mass is 16.4. The molecule has 5 aliphatic carbocycles. The van der Waals surface area contributed by atoms with Crippen LogP contribution in [-0.2, 0) is 14.4 Å². The molecule has 0 unspecified atom stereocenters. The zero-order valence-electron chi connectivity index (χ0n) is 23.1. The van der Waals surface area contributed by atoms with Crippen molar-refractivity contribution in [1.29, 1.82) is 0 Å². The number of hydrogen-bond acceptors (Lipinski definition) is 4. The molecule has 198 valence electrons. The second-order valence-corrected chi connectivity index (χ2v) is 14.5. The van der Waals surface area contributed by atoms with Gasteiger partial charge in [0.05, 0.1) is 11.7 Å². The summed E-state index contributed by atoms with van der Waals surface area (Å²) in [6, 6.07) is 0. The maximum absolute atomic E-state index is 14.3. The number of aliphatic hydroxyl groups excluding tert-OH is 1. The highest BCUT2D eigenvalue weighted by molar-refractivity contribution is 6.02. The molecule has 36 heavy (non-hydrogen) atoms. The third-order valence-corrected chi connectivity index (χ3v) is 12.9. The molecule has 0 amide bonds. The highest BCUT2D eigenvalue weighted by Crippen LogP contribution is 2.75. The molecule has 0 bridgehead atoms. The van der Waals surface area contributed by atoms with Gasteiger partial charge in [-0.15, -0.1) is 0 Å². The lowest BCUT2D eigenvalue weighted by Gasteiger charge is -2.69. The molecule has 4 fully saturated rings. The summed E-state index contributed by atoms with van der Waals surface area (Å²) in [4.78, 5) is 40.4. The van der Waals surface area contributed by atoms with E-state index in [9.17, 15) is 24.6 Å². The minimum atomic E-state index is -0.784. The van der Waals surface area contributed by atoms with Gasteiger partial charge in [-0.3, -0.25) is 14.4 Å². The number of carbonyl (C=O) groups excluding carboxylic acids is 2. The molecule has 9 atom stereocenters. The summed E-state index contributed by atoms with van der Waals surface area (Å²) in [6.07, 6.45) is 8.00. The van der Waals surface area contributed by atoms with E-state index in [2.05, 4.69) is 34.6 Å². The SMILES string of the molecule is C[C@H]1[C@H](C)CC[C@]2(C(=O)O)CC[C@]3(C)C(=CC(=O)[C@@H]4[C@@]5(C)C/C(=C/O)C(=O)C(C)(C)[C@@H]5CC[C@]43C)[C@H]12. The van der Waals surface area contributed by atoms with Crippen molar-refractivity contribution in [3.8, 4) is 0 Å². The predicted octanol–water partition coefficient (Wildman–Crippen LogP) is 6.53. The van der Waals surface area contributed by atoms with Crippen LogP contribution >= 0.6 is 0 Å². The van der Waals surface area contributed by atoms with Gasteiger partial charge in [0.25, 0.3) is 0 Å². The van der Waals surface area contributed by atoms with Crippen LogP contribution in [0.4, 0.5) is 0 Å². The molecule has 0 spiro atoms. The number of aliphatic carboxylic acids is 1. The van der Waals surface area contributed by atoms with Crippen molar-refractivity contribution < 1.29 is 24.6 Å². The molecule has 5 rings (SSSR count). The second kappa shape index (κ2) is 7.57. The van der Waals surface area contributed by atoms with E-state index in [1.807, 2.05) is 19.9 Å². The largest absolute Gasteiger partial charge is 0.515 e. The number of carbonyl (C=O) groups is 3. The van der Waals surface area contributed by atoms with Crippen molar-refractivity contribution in [3.63, 3.8) is 0 Å². The highest BCUT2D eigenvalue weighted by Gasteiger charge is 2.71. The smallest absolute Gasteiger partial charge is 0.310 e. The summed E-state index contributed by atoms with van der Waals surface area (Å²) in [5.41, 5.74) is -0.970. The Labute approximate surface area is 215 Å². The minimum Gasteiger partial charge on any atom is -0.515 e. The lowest BCUT2D eigenvalue weighted by atomic mass is 9.33. The first-order valence-electron chi connectivity index (χ1n) is 14.0. The van der Waals surface area contributed by atoms with Crippen molar-refractivity contribution in [2.75, 3.05) is 0 Å². The van der Waals surface area contributed by atoms with Gasteiger partial charge in [0.15, 0.2) is 11.6 Å². The Hall–Kier alpha value is -1.91. The number of carboxylic acid groups (broad SMARTS) is 1. The van der Waals surface area contributed by atoms with E-state index in [0.717, 1.165) is 37.5 Å².